The molecule has 4 N–H and O–H groups in total. The van der Waals surface area contributed by atoms with E-state index in [0.29, 0.717) is 22.0 Å². The van der Waals surface area contributed by atoms with Crippen molar-refractivity contribution in [2.45, 2.75) is 0 Å². The zero-order valence-electron chi connectivity index (χ0n) is 12.4. The zero-order valence-corrected chi connectivity index (χ0v) is 13.2. The third-order valence-electron chi connectivity index (χ3n) is 3.56. The Morgan fingerprint density at radius 2 is 2.00 bits per heavy atom. The molecule has 1 amide bonds. The van der Waals surface area contributed by atoms with Gasteiger partial charge in [0.05, 0.1) is 17.1 Å². The van der Waals surface area contributed by atoms with Crippen molar-refractivity contribution in [2.75, 3.05) is 5.73 Å². The molecular weight excluding hydrogens is 306 g/mol. The van der Waals surface area contributed by atoms with Crippen molar-refractivity contribution in [1.82, 2.24) is 4.98 Å². The van der Waals surface area contributed by atoms with Crippen LogP contribution in [-0.4, -0.2) is 10.9 Å². The molecule has 0 aliphatic carbocycles. The molecule has 0 unspecified atom stereocenters. The van der Waals surface area contributed by atoms with Crippen LogP contribution in [0.4, 0.5) is 5.69 Å². The van der Waals surface area contributed by atoms with Gasteiger partial charge < -0.3 is 11.5 Å². The van der Waals surface area contributed by atoms with Crippen LogP contribution in [0, 0.1) is 0 Å². The van der Waals surface area contributed by atoms with Crippen LogP contribution in [0.5, 0.6) is 0 Å². The minimum Gasteiger partial charge on any atom is -0.397 e. The standard InChI is InChI=1S/C18H15N3OS/c1-3-10-6-5-7-11(8-10)16-14-13(9-12(4-2)21-16)23-17(15(14)19)18(20)22/h3-9H,1-2,19H2,(H2,20,22). The van der Waals surface area contributed by atoms with Crippen LogP contribution in [0.3, 0.4) is 0 Å². The SMILES string of the molecule is C=Cc1cccc(-c2nc(C=C)cc3sc(C(N)=O)c(N)c23)c1. The molecule has 3 aromatic rings. The Morgan fingerprint density at radius 3 is 2.65 bits per heavy atom. The first-order valence-corrected chi connectivity index (χ1v) is 7.75. The molecule has 114 valence electrons. The molecule has 0 atom stereocenters. The smallest absolute Gasteiger partial charge is 0.260 e. The number of thiophene rings is 1. The molecule has 3 rings (SSSR count). The molecule has 2 aromatic heterocycles. The number of nitrogen functional groups attached to an aromatic ring is 1. The number of fused-ring (bicyclic) bond motifs is 1. The summed E-state index contributed by atoms with van der Waals surface area (Å²) in [5, 5.41) is 0.746. The van der Waals surface area contributed by atoms with Gasteiger partial charge in [0, 0.05) is 15.6 Å². The molecule has 1 aromatic carbocycles. The second-order valence-corrected chi connectivity index (χ2v) is 6.06. The molecule has 0 radical (unpaired) electrons. The van der Waals surface area contributed by atoms with Crippen molar-refractivity contribution in [3.05, 3.63) is 59.6 Å². The van der Waals surface area contributed by atoms with E-state index in [4.69, 9.17) is 11.5 Å². The second-order valence-electron chi connectivity index (χ2n) is 5.01. The third kappa shape index (κ3) is 2.51. The van der Waals surface area contributed by atoms with Crippen molar-refractivity contribution < 1.29 is 4.79 Å². The number of carbonyl (C=O) groups is 1. The summed E-state index contributed by atoms with van der Waals surface area (Å²) >= 11 is 1.27. The van der Waals surface area contributed by atoms with Crippen molar-refractivity contribution in [1.29, 1.82) is 0 Å². The van der Waals surface area contributed by atoms with E-state index in [0.717, 1.165) is 21.2 Å². The van der Waals surface area contributed by atoms with E-state index in [1.807, 2.05) is 30.3 Å². The van der Waals surface area contributed by atoms with Gasteiger partial charge in [0.2, 0.25) is 0 Å². The normalized spacial score (nSPS) is 10.6. The van der Waals surface area contributed by atoms with E-state index >= 15 is 0 Å². The number of nitrogens with zero attached hydrogens (tertiary/aromatic N) is 1. The first kappa shape index (κ1) is 15.0. The van der Waals surface area contributed by atoms with Gasteiger partial charge in [-0.2, -0.15) is 0 Å². The lowest BCUT2D eigenvalue weighted by molar-refractivity contribution is 0.100. The highest BCUT2D eigenvalue weighted by Gasteiger charge is 2.19. The number of benzene rings is 1. The van der Waals surface area contributed by atoms with Crippen LogP contribution in [-0.2, 0) is 0 Å². The lowest BCUT2D eigenvalue weighted by Gasteiger charge is -2.07. The van der Waals surface area contributed by atoms with E-state index in [2.05, 4.69) is 18.1 Å². The van der Waals surface area contributed by atoms with Gasteiger partial charge in [-0.05, 0) is 23.8 Å². The number of carbonyl (C=O) groups excluding carboxylic acids is 1. The van der Waals surface area contributed by atoms with Crippen LogP contribution < -0.4 is 11.5 Å². The molecule has 0 fully saturated rings. The maximum absolute atomic E-state index is 11.6. The second kappa shape index (κ2) is 5.70. The van der Waals surface area contributed by atoms with Crippen molar-refractivity contribution in [3.8, 4) is 11.3 Å². The largest absolute Gasteiger partial charge is 0.397 e. The maximum atomic E-state index is 11.6. The minimum absolute atomic E-state index is 0.351. The fraction of sp³-hybridized carbons (Fsp3) is 0. The van der Waals surface area contributed by atoms with Gasteiger partial charge >= 0.3 is 0 Å². The van der Waals surface area contributed by atoms with E-state index in [1.165, 1.54) is 11.3 Å². The Hall–Kier alpha value is -2.92. The zero-order chi connectivity index (χ0) is 16.6. The Labute approximate surface area is 137 Å². The molecule has 0 saturated carbocycles. The number of aromatic nitrogens is 1. The fourth-order valence-corrected chi connectivity index (χ4v) is 3.49. The lowest BCUT2D eigenvalue weighted by Crippen LogP contribution is -2.10. The van der Waals surface area contributed by atoms with Gasteiger partial charge in [0.1, 0.15) is 4.88 Å². The molecular formula is C18H15N3OS. The van der Waals surface area contributed by atoms with Gasteiger partial charge in [0.15, 0.2) is 0 Å². The molecule has 4 nitrogen and oxygen atoms in total. The molecule has 5 heteroatoms. The molecule has 23 heavy (non-hydrogen) atoms. The van der Waals surface area contributed by atoms with Crippen molar-refractivity contribution in [2.24, 2.45) is 5.73 Å². The Balaban J connectivity index is 2.39. The van der Waals surface area contributed by atoms with Crippen molar-refractivity contribution in [3.63, 3.8) is 0 Å². The van der Waals surface area contributed by atoms with Gasteiger partial charge in [-0.15, -0.1) is 11.3 Å². The summed E-state index contributed by atoms with van der Waals surface area (Å²) in [6.45, 7) is 7.56. The summed E-state index contributed by atoms with van der Waals surface area (Å²) in [6, 6.07) is 9.66. The van der Waals surface area contributed by atoms with Gasteiger partial charge in [0.25, 0.3) is 5.91 Å². The van der Waals surface area contributed by atoms with Crippen LogP contribution in [0.15, 0.2) is 43.5 Å². The third-order valence-corrected chi connectivity index (χ3v) is 4.72. The van der Waals surface area contributed by atoms with E-state index in [-0.39, 0.29) is 0 Å². The number of nitrogens with two attached hydrogens (primary N) is 2. The molecule has 0 bridgehead atoms. The number of primary amides is 1. The highest BCUT2D eigenvalue weighted by Crippen LogP contribution is 2.39. The highest BCUT2D eigenvalue weighted by molar-refractivity contribution is 7.21. The highest BCUT2D eigenvalue weighted by atomic mass is 32.1. The number of anilines is 1. The predicted molar refractivity (Wildman–Crippen MR) is 98.2 cm³/mol. The van der Waals surface area contributed by atoms with Crippen LogP contribution in [0.2, 0.25) is 0 Å². The molecule has 2 heterocycles. The van der Waals surface area contributed by atoms with Crippen molar-refractivity contribution >= 4 is 45.2 Å². The number of pyridine rings is 1. The molecule has 0 spiro atoms. The van der Waals surface area contributed by atoms with Gasteiger partial charge in [-0.1, -0.05) is 37.4 Å². The summed E-state index contributed by atoms with van der Waals surface area (Å²) < 4.78 is 0.861. The monoisotopic (exact) mass is 321 g/mol. The van der Waals surface area contributed by atoms with Crippen LogP contribution in [0.25, 0.3) is 33.5 Å². The summed E-state index contributed by atoms with van der Waals surface area (Å²) in [7, 11) is 0. The minimum atomic E-state index is -0.533. The fourth-order valence-electron chi connectivity index (χ4n) is 2.47. The topological polar surface area (TPSA) is 82.0 Å². The number of hydrogen-bond acceptors (Lipinski definition) is 4. The Morgan fingerprint density at radius 1 is 1.22 bits per heavy atom. The summed E-state index contributed by atoms with van der Waals surface area (Å²) in [5.41, 5.74) is 15.3. The average molecular weight is 321 g/mol. The van der Waals surface area contributed by atoms with E-state index in [9.17, 15) is 4.79 Å². The maximum Gasteiger partial charge on any atom is 0.260 e. The van der Waals surface area contributed by atoms with Crippen LogP contribution >= 0.6 is 11.3 Å². The molecule has 0 aliphatic rings. The number of rotatable bonds is 4. The van der Waals surface area contributed by atoms with E-state index in [1.54, 1.807) is 12.2 Å². The molecule has 0 aliphatic heterocycles. The predicted octanol–water partition coefficient (Wildman–Crippen LogP) is 3.93. The number of amides is 1. The summed E-state index contributed by atoms with van der Waals surface area (Å²) in [6.07, 6.45) is 3.43. The van der Waals surface area contributed by atoms with Crippen LogP contribution in [0.1, 0.15) is 20.9 Å². The molecule has 0 saturated heterocycles. The van der Waals surface area contributed by atoms with Gasteiger partial charge in [-0.25, -0.2) is 4.98 Å². The Bertz CT molecular complexity index is 956. The first-order chi connectivity index (χ1) is 11.0. The van der Waals surface area contributed by atoms with E-state index < -0.39 is 5.91 Å². The quantitative estimate of drug-likeness (QED) is 0.764. The summed E-state index contributed by atoms with van der Waals surface area (Å²) in [4.78, 5) is 16.6. The number of hydrogen-bond donors (Lipinski definition) is 2. The summed E-state index contributed by atoms with van der Waals surface area (Å²) in [5.74, 6) is -0.533. The first-order valence-electron chi connectivity index (χ1n) is 6.93. The average Bonchev–Trinajstić information content (AvgIpc) is 2.91. The lowest BCUT2D eigenvalue weighted by atomic mass is 10.0. The Kier molecular flexibility index (Phi) is 3.72. The van der Waals surface area contributed by atoms with Gasteiger partial charge in [-0.3, -0.25) is 4.79 Å².